The molecule has 0 aliphatic carbocycles. The van der Waals surface area contributed by atoms with E-state index in [0.717, 1.165) is 31.1 Å². The second kappa shape index (κ2) is 7.07. The molecule has 1 heterocycles. The Balaban J connectivity index is 2.04. The maximum Gasteiger partial charge on any atom is 0.339 e. The standard InChI is InChI=1S/C17H20O4/c1-3-4-5-6-7-16(18)20-14-9-8-13-10-12(2)17(19)21-15(13)11-14/h8-11H,3-7H2,1-2H3. The summed E-state index contributed by atoms with van der Waals surface area (Å²) >= 11 is 0. The van der Waals surface area contributed by atoms with Gasteiger partial charge in [-0.2, -0.15) is 0 Å². The lowest BCUT2D eigenvalue weighted by atomic mass is 10.1. The zero-order chi connectivity index (χ0) is 15.2. The number of carbonyl (C=O) groups is 1. The zero-order valence-electron chi connectivity index (χ0n) is 12.5. The van der Waals surface area contributed by atoms with E-state index in [1.165, 1.54) is 0 Å². The van der Waals surface area contributed by atoms with E-state index in [4.69, 9.17) is 9.15 Å². The molecule has 112 valence electrons. The summed E-state index contributed by atoms with van der Waals surface area (Å²) in [7, 11) is 0. The summed E-state index contributed by atoms with van der Waals surface area (Å²) in [6, 6.07) is 6.84. The Bertz CT molecular complexity index is 685. The smallest absolute Gasteiger partial charge is 0.339 e. The summed E-state index contributed by atoms with van der Waals surface area (Å²) in [6.07, 6.45) is 4.56. The molecular formula is C17H20O4. The van der Waals surface area contributed by atoms with Gasteiger partial charge < -0.3 is 9.15 Å². The van der Waals surface area contributed by atoms with Gasteiger partial charge in [0.05, 0.1) is 0 Å². The summed E-state index contributed by atoms with van der Waals surface area (Å²) in [5, 5.41) is 0.815. The minimum Gasteiger partial charge on any atom is -0.426 e. The Morgan fingerprint density at radius 2 is 2.00 bits per heavy atom. The Morgan fingerprint density at radius 3 is 2.76 bits per heavy atom. The lowest BCUT2D eigenvalue weighted by molar-refractivity contribution is -0.134. The third-order valence-corrected chi connectivity index (χ3v) is 3.35. The van der Waals surface area contributed by atoms with Crippen LogP contribution < -0.4 is 10.4 Å². The van der Waals surface area contributed by atoms with Gasteiger partial charge in [0.25, 0.3) is 0 Å². The second-order valence-electron chi connectivity index (χ2n) is 5.20. The van der Waals surface area contributed by atoms with Crippen molar-refractivity contribution in [2.45, 2.75) is 46.0 Å². The third kappa shape index (κ3) is 4.18. The van der Waals surface area contributed by atoms with Crippen molar-refractivity contribution in [1.82, 2.24) is 0 Å². The molecular weight excluding hydrogens is 268 g/mol. The maximum atomic E-state index is 11.7. The highest BCUT2D eigenvalue weighted by Gasteiger charge is 2.07. The molecule has 0 amide bonds. The average Bonchev–Trinajstić information content (AvgIpc) is 2.45. The second-order valence-corrected chi connectivity index (χ2v) is 5.20. The number of aryl methyl sites for hydroxylation is 1. The molecule has 4 heteroatoms. The average molecular weight is 288 g/mol. The monoisotopic (exact) mass is 288 g/mol. The molecule has 0 aliphatic rings. The van der Waals surface area contributed by atoms with Gasteiger partial charge in [0, 0.05) is 23.4 Å². The van der Waals surface area contributed by atoms with E-state index in [-0.39, 0.29) is 11.6 Å². The third-order valence-electron chi connectivity index (χ3n) is 3.35. The number of esters is 1. The van der Waals surface area contributed by atoms with E-state index < -0.39 is 0 Å². The molecule has 2 rings (SSSR count). The van der Waals surface area contributed by atoms with Crippen molar-refractivity contribution in [2.75, 3.05) is 0 Å². The molecule has 1 aromatic carbocycles. The van der Waals surface area contributed by atoms with Gasteiger partial charge in [-0.1, -0.05) is 26.2 Å². The number of carbonyl (C=O) groups excluding carboxylic acids is 1. The first-order chi connectivity index (χ1) is 10.1. The SMILES string of the molecule is CCCCCCC(=O)Oc1ccc2cc(C)c(=O)oc2c1. The van der Waals surface area contributed by atoms with Crippen LogP contribution in [0.2, 0.25) is 0 Å². The summed E-state index contributed by atoms with van der Waals surface area (Å²) < 4.78 is 10.5. The largest absolute Gasteiger partial charge is 0.426 e. The number of rotatable bonds is 6. The molecule has 4 nitrogen and oxygen atoms in total. The van der Waals surface area contributed by atoms with Gasteiger partial charge in [-0.25, -0.2) is 4.79 Å². The fourth-order valence-electron chi connectivity index (χ4n) is 2.14. The predicted octanol–water partition coefficient (Wildman–Crippen LogP) is 3.98. The van der Waals surface area contributed by atoms with Crippen LogP contribution in [0, 0.1) is 6.92 Å². The lowest BCUT2D eigenvalue weighted by Crippen LogP contribution is -2.07. The molecule has 21 heavy (non-hydrogen) atoms. The van der Waals surface area contributed by atoms with Crippen molar-refractivity contribution >= 4 is 16.9 Å². The van der Waals surface area contributed by atoms with Crippen molar-refractivity contribution in [3.63, 3.8) is 0 Å². The normalized spacial score (nSPS) is 10.8. The fourth-order valence-corrected chi connectivity index (χ4v) is 2.14. The van der Waals surface area contributed by atoms with Crippen LogP contribution in [0.25, 0.3) is 11.0 Å². The molecule has 0 bridgehead atoms. The van der Waals surface area contributed by atoms with Crippen LogP contribution in [-0.2, 0) is 4.79 Å². The minimum absolute atomic E-state index is 0.250. The van der Waals surface area contributed by atoms with Crippen LogP contribution >= 0.6 is 0 Å². The number of hydrogen-bond acceptors (Lipinski definition) is 4. The molecule has 1 aromatic heterocycles. The fraction of sp³-hybridized carbons (Fsp3) is 0.412. The topological polar surface area (TPSA) is 56.5 Å². The molecule has 0 fully saturated rings. The molecule has 0 unspecified atom stereocenters. The Morgan fingerprint density at radius 1 is 1.19 bits per heavy atom. The minimum atomic E-state index is -0.370. The van der Waals surface area contributed by atoms with E-state index in [2.05, 4.69) is 6.92 Å². The number of unbranched alkanes of at least 4 members (excludes halogenated alkanes) is 3. The zero-order valence-corrected chi connectivity index (χ0v) is 12.5. The van der Waals surface area contributed by atoms with Crippen LogP contribution in [0.3, 0.4) is 0 Å². The first kappa shape index (κ1) is 15.3. The molecule has 0 spiro atoms. The van der Waals surface area contributed by atoms with Gasteiger partial charge in [-0.05, 0) is 31.5 Å². The van der Waals surface area contributed by atoms with Gasteiger partial charge in [-0.3, -0.25) is 4.79 Å². The van der Waals surface area contributed by atoms with E-state index >= 15 is 0 Å². The number of fused-ring (bicyclic) bond motifs is 1. The van der Waals surface area contributed by atoms with Gasteiger partial charge in [0.2, 0.25) is 0 Å². The van der Waals surface area contributed by atoms with Crippen molar-refractivity contribution < 1.29 is 13.9 Å². The molecule has 0 radical (unpaired) electrons. The van der Waals surface area contributed by atoms with E-state index in [1.807, 2.05) is 0 Å². The highest BCUT2D eigenvalue weighted by atomic mass is 16.5. The predicted molar refractivity (Wildman–Crippen MR) is 81.6 cm³/mol. The van der Waals surface area contributed by atoms with Crippen LogP contribution in [0.1, 0.15) is 44.6 Å². The molecule has 0 saturated carbocycles. The molecule has 0 saturated heterocycles. The van der Waals surface area contributed by atoms with Crippen LogP contribution in [0.5, 0.6) is 5.75 Å². The summed E-state index contributed by atoms with van der Waals surface area (Å²) in [4.78, 5) is 23.2. The molecule has 2 aromatic rings. The highest BCUT2D eigenvalue weighted by Crippen LogP contribution is 2.21. The van der Waals surface area contributed by atoms with Crippen LogP contribution in [0.15, 0.2) is 33.5 Å². The maximum absolute atomic E-state index is 11.7. The number of hydrogen-bond donors (Lipinski definition) is 0. The van der Waals surface area contributed by atoms with Crippen molar-refractivity contribution in [2.24, 2.45) is 0 Å². The van der Waals surface area contributed by atoms with E-state index in [1.54, 1.807) is 31.2 Å². The van der Waals surface area contributed by atoms with Gasteiger partial charge in [-0.15, -0.1) is 0 Å². The number of benzene rings is 1. The molecule has 0 N–H and O–H groups in total. The van der Waals surface area contributed by atoms with Crippen molar-refractivity contribution in [3.8, 4) is 5.75 Å². The van der Waals surface area contributed by atoms with Crippen molar-refractivity contribution in [3.05, 3.63) is 40.2 Å². The molecule has 0 atom stereocenters. The van der Waals surface area contributed by atoms with Gasteiger partial charge in [0.15, 0.2) is 0 Å². The lowest BCUT2D eigenvalue weighted by Gasteiger charge is -2.05. The first-order valence-corrected chi connectivity index (χ1v) is 7.35. The Labute approximate surface area is 123 Å². The quantitative estimate of drug-likeness (QED) is 0.349. The molecule has 0 aliphatic heterocycles. The van der Waals surface area contributed by atoms with Crippen LogP contribution in [-0.4, -0.2) is 5.97 Å². The summed E-state index contributed by atoms with van der Waals surface area (Å²) in [5.41, 5.74) is 0.621. The highest BCUT2D eigenvalue weighted by molar-refractivity contribution is 5.80. The van der Waals surface area contributed by atoms with E-state index in [0.29, 0.717) is 23.3 Å². The Kier molecular flexibility index (Phi) is 5.14. The van der Waals surface area contributed by atoms with Crippen LogP contribution in [0.4, 0.5) is 0 Å². The first-order valence-electron chi connectivity index (χ1n) is 7.35. The summed E-state index contributed by atoms with van der Waals surface area (Å²) in [6.45, 7) is 3.83. The summed E-state index contributed by atoms with van der Waals surface area (Å²) in [5.74, 6) is 0.162. The Hall–Kier alpha value is -2.10. The number of ether oxygens (including phenoxy) is 1. The van der Waals surface area contributed by atoms with Gasteiger partial charge >= 0.3 is 11.6 Å². The van der Waals surface area contributed by atoms with E-state index in [9.17, 15) is 9.59 Å². The van der Waals surface area contributed by atoms with Crippen molar-refractivity contribution in [1.29, 1.82) is 0 Å². The van der Waals surface area contributed by atoms with Gasteiger partial charge in [0.1, 0.15) is 11.3 Å².